The Morgan fingerprint density at radius 1 is 1.53 bits per heavy atom. The van der Waals surface area contributed by atoms with E-state index in [2.05, 4.69) is 21.2 Å². The average molecular weight is 297 g/mol. The monoisotopic (exact) mass is 296 g/mol. The van der Waals surface area contributed by atoms with Gasteiger partial charge in [-0.3, -0.25) is 4.79 Å². The summed E-state index contributed by atoms with van der Waals surface area (Å²) in [7, 11) is 1.90. The summed E-state index contributed by atoms with van der Waals surface area (Å²) in [6.45, 7) is 1.93. The van der Waals surface area contributed by atoms with E-state index in [1.165, 1.54) is 0 Å². The third-order valence-electron chi connectivity index (χ3n) is 3.27. The number of rotatable bonds is 3. The van der Waals surface area contributed by atoms with Crippen LogP contribution in [0.1, 0.15) is 12.0 Å². The van der Waals surface area contributed by atoms with Crippen LogP contribution in [0.4, 0.5) is 0 Å². The molecular weight excluding hydrogens is 280 g/mol. The largest absolute Gasteiger partial charge is 0.341 e. The van der Waals surface area contributed by atoms with Gasteiger partial charge in [0.1, 0.15) is 0 Å². The van der Waals surface area contributed by atoms with Gasteiger partial charge in [0, 0.05) is 24.1 Å². The van der Waals surface area contributed by atoms with Crippen molar-refractivity contribution in [2.45, 2.75) is 18.9 Å². The van der Waals surface area contributed by atoms with Crippen LogP contribution in [0.5, 0.6) is 0 Å². The van der Waals surface area contributed by atoms with E-state index >= 15 is 0 Å². The molecule has 0 aliphatic carbocycles. The van der Waals surface area contributed by atoms with Gasteiger partial charge in [-0.2, -0.15) is 0 Å². The zero-order chi connectivity index (χ0) is 12.3. The van der Waals surface area contributed by atoms with Gasteiger partial charge in [-0.25, -0.2) is 0 Å². The minimum Gasteiger partial charge on any atom is -0.341 e. The zero-order valence-electron chi connectivity index (χ0n) is 9.95. The van der Waals surface area contributed by atoms with Crippen molar-refractivity contribution in [3.05, 3.63) is 34.3 Å². The highest BCUT2D eigenvalue weighted by molar-refractivity contribution is 9.10. The molecule has 1 heterocycles. The first-order valence-corrected chi connectivity index (χ1v) is 6.67. The third-order valence-corrected chi connectivity index (χ3v) is 4.05. The van der Waals surface area contributed by atoms with E-state index in [9.17, 15) is 4.79 Å². The van der Waals surface area contributed by atoms with E-state index in [0.717, 1.165) is 29.5 Å². The molecule has 2 rings (SSSR count). The van der Waals surface area contributed by atoms with Crippen molar-refractivity contribution >= 4 is 21.8 Å². The summed E-state index contributed by atoms with van der Waals surface area (Å²) in [5.41, 5.74) is 1.05. The number of nitrogens with one attached hydrogen (secondary N) is 1. The van der Waals surface area contributed by atoms with Crippen molar-refractivity contribution in [2.24, 2.45) is 0 Å². The molecule has 0 aromatic heterocycles. The van der Waals surface area contributed by atoms with Gasteiger partial charge in [0.2, 0.25) is 5.91 Å². The quantitative estimate of drug-likeness (QED) is 0.923. The number of carbonyl (C=O) groups is 1. The Morgan fingerprint density at radius 2 is 2.29 bits per heavy atom. The van der Waals surface area contributed by atoms with Crippen molar-refractivity contribution in [3.63, 3.8) is 0 Å². The Labute approximate surface area is 110 Å². The van der Waals surface area contributed by atoms with Gasteiger partial charge >= 0.3 is 0 Å². The number of carbonyl (C=O) groups excluding carboxylic acids is 1. The van der Waals surface area contributed by atoms with Gasteiger partial charge in [0.05, 0.1) is 6.42 Å². The predicted molar refractivity (Wildman–Crippen MR) is 71.9 cm³/mol. The summed E-state index contributed by atoms with van der Waals surface area (Å²) in [5, 5.41) is 3.28. The number of nitrogens with zero attached hydrogens (tertiary/aromatic N) is 1. The molecule has 1 aromatic carbocycles. The van der Waals surface area contributed by atoms with E-state index in [1.54, 1.807) is 0 Å². The van der Waals surface area contributed by atoms with Crippen LogP contribution in [0.3, 0.4) is 0 Å². The molecule has 1 amide bonds. The molecule has 17 heavy (non-hydrogen) atoms. The first kappa shape index (κ1) is 12.6. The first-order valence-electron chi connectivity index (χ1n) is 5.88. The molecule has 92 valence electrons. The second-order valence-corrected chi connectivity index (χ2v) is 5.27. The van der Waals surface area contributed by atoms with E-state index in [0.29, 0.717) is 12.5 Å². The molecule has 1 atom stereocenters. The lowest BCUT2D eigenvalue weighted by atomic mass is 10.1. The van der Waals surface area contributed by atoms with Crippen LogP contribution in [-0.4, -0.2) is 37.0 Å². The smallest absolute Gasteiger partial charge is 0.227 e. The summed E-state index contributed by atoms with van der Waals surface area (Å²) in [6, 6.07) is 8.24. The fourth-order valence-electron chi connectivity index (χ4n) is 2.10. The number of hydrogen-bond acceptors (Lipinski definition) is 2. The molecule has 0 unspecified atom stereocenters. The lowest BCUT2D eigenvalue weighted by Crippen LogP contribution is -2.39. The average Bonchev–Trinajstić information content (AvgIpc) is 2.84. The Morgan fingerprint density at radius 3 is 2.94 bits per heavy atom. The molecule has 0 spiro atoms. The van der Waals surface area contributed by atoms with Gasteiger partial charge in [0.15, 0.2) is 0 Å². The predicted octanol–water partition coefficient (Wildman–Crippen LogP) is 1.81. The number of benzene rings is 1. The van der Waals surface area contributed by atoms with Crippen molar-refractivity contribution in [2.75, 3.05) is 20.1 Å². The normalized spacial score (nSPS) is 19.3. The lowest BCUT2D eigenvalue weighted by molar-refractivity contribution is -0.130. The lowest BCUT2D eigenvalue weighted by Gasteiger charge is -2.24. The van der Waals surface area contributed by atoms with Gasteiger partial charge in [-0.05, 0) is 24.6 Å². The SMILES string of the molecule is CN(C(=O)Cc1ccccc1Br)[C@H]1CCNC1. The highest BCUT2D eigenvalue weighted by atomic mass is 79.9. The third kappa shape index (κ3) is 3.07. The van der Waals surface area contributed by atoms with Crippen molar-refractivity contribution in [1.29, 1.82) is 0 Å². The van der Waals surface area contributed by atoms with Crippen LogP contribution in [-0.2, 0) is 11.2 Å². The van der Waals surface area contributed by atoms with Crippen LogP contribution < -0.4 is 5.32 Å². The topological polar surface area (TPSA) is 32.3 Å². The van der Waals surface area contributed by atoms with Crippen LogP contribution in [0, 0.1) is 0 Å². The van der Waals surface area contributed by atoms with Crippen molar-refractivity contribution in [3.8, 4) is 0 Å². The minimum absolute atomic E-state index is 0.186. The van der Waals surface area contributed by atoms with Crippen molar-refractivity contribution < 1.29 is 4.79 Å². The fourth-order valence-corrected chi connectivity index (χ4v) is 2.53. The minimum atomic E-state index is 0.186. The Bertz CT molecular complexity index is 402. The number of amides is 1. The van der Waals surface area contributed by atoms with E-state index in [4.69, 9.17) is 0 Å². The standard InChI is InChI=1S/C13H17BrN2O/c1-16(11-6-7-15-9-11)13(17)8-10-4-2-3-5-12(10)14/h2-5,11,15H,6-9H2,1H3/t11-/m0/s1. The van der Waals surface area contributed by atoms with Gasteiger partial charge in [-0.15, -0.1) is 0 Å². The molecular formula is C13H17BrN2O. The molecule has 3 nitrogen and oxygen atoms in total. The molecule has 1 aliphatic rings. The molecule has 0 saturated carbocycles. The van der Waals surface area contributed by atoms with Crippen LogP contribution in [0.25, 0.3) is 0 Å². The van der Waals surface area contributed by atoms with E-state index < -0.39 is 0 Å². The molecule has 1 N–H and O–H groups in total. The highest BCUT2D eigenvalue weighted by Gasteiger charge is 2.23. The second kappa shape index (κ2) is 5.65. The second-order valence-electron chi connectivity index (χ2n) is 4.42. The maximum Gasteiger partial charge on any atom is 0.227 e. The molecule has 1 aliphatic heterocycles. The molecule has 1 fully saturated rings. The molecule has 0 bridgehead atoms. The molecule has 1 aromatic rings. The summed E-state index contributed by atoms with van der Waals surface area (Å²) in [6.07, 6.45) is 1.52. The highest BCUT2D eigenvalue weighted by Crippen LogP contribution is 2.17. The number of hydrogen-bond donors (Lipinski definition) is 1. The van der Waals surface area contributed by atoms with E-state index in [-0.39, 0.29) is 5.91 Å². The fraction of sp³-hybridized carbons (Fsp3) is 0.462. The van der Waals surface area contributed by atoms with Gasteiger partial charge in [-0.1, -0.05) is 34.1 Å². The molecule has 4 heteroatoms. The first-order chi connectivity index (χ1) is 8.18. The summed E-state index contributed by atoms with van der Waals surface area (Å²) < 4.78 is 1.01. The Hall–Kier alpha value is -0.870. The summed E-state index contributed by atoms with van der Waals surface area (Å²) >= 11 is 3.47. The van der Waals surface area contributed by atoms with Gasteiger partial charge < -0.3 is 10.2 Å². The molecule has 0 radical (unpaired) electrons. The maximum absolute atomic E-state index is 12.1. The zero-order valence-corrected chi connectivity index (χ0v) is 11.5. The Kier molecular flexibility index (Phi) is 4.18. The van der Waals surface area contributed by atoms with Crippen LogP contribution >= 0.6 is 15.9 Å². The van der Waals surface area contributed by atoms with E-state index in [1.807, 2.05) is 36.2 Å². The van der Waals surface area contributed by atoms with Crippen LogP contribution in [0.2, 0.25) is 0 Å². The maximum atomic E-state index is 12.1. The number of likely N-dealkylation sites (N-methyl/N-ethyl adjacent to an activating group) is 1. The summed E-state index contributed by atoms with van der Waals surface area (Å²) in [5.74, 6) is 0.186. The number of halogens is 1. The van der Waals surface area contributed by atoms with Crippen molar-refractivity contribution in [1.82, 2.24) is 10.2 Å². The van der Waals surface area contributed by atoms with Gasteiger partial charge in [0.25, 0.3) is 0 Å². The summed E-state index contributed by atoms with van der Waals surface area (Å²) in [4.78, 5) is 14.0. The molecule has 1 saturated heterocycles. The Balaban J connectivity index is 1.99. The van der Waals surface area contributed by atoms with Crippen LogP contribution in [0.15, 0.2) is 28.7 Å².